The van der Waals surface area contributed by atoms with Gasteiger partial charge < -0.3 is 10.6 Å². The standard InChI is InChI=1S/C19H16ClFN4O/c1-11-9-13(20)3-8-16(11)25-18-10-17(22-12(2)23-18)19(26)24-15-6-4-14(21)5-7-15/h3-10H,1-2H3,(H,24,26)(H,22,23,25). The van der Waals surface area contributed by atoms with Crippen LogP contribution in [0.4, 0.5) is 21.6 Å². The molecule has 2 aromatic carbocycles. The summed E-state index contributed by atoms with van der Waals surface area (Å²) in [5.74, 6) is 0.168. The molecule has 3 aromatic rings. The van der Waals surface area contributed by atoms with Crippen LogP contribution in [-0.2, 0) is 0 Å². The Kier molecular flexibility index (Phi) is 5.14. The van der Waals surface area contributed by atoms with Crippen molar-refractivity contribution in [3.63, 3.8) is 0 Å². The fourth-order valence-electron chi connectivity index (χ4n) is 2.38. The lowest BCUT2D eigenvalue weighted by molar-refractivity contribution is 0.102. The number of nitrogens with zero attached hydrogens (tertiary/aromatic N) is 2. The van der Waals surface area contributed by atoms with E-state index in [2.05, 4.69) is 20.6 Å². The van der Waals surface area contributed by atoms with E-state index in [1.54, 1.807) is 19.1 Å². The molecule has 0 unspecified atom stereocenters. The highest BCUT2D eigenvalue weighted by Gasteiger charge is 2.12. The lowest BCUT2D eigenvalue weighted by Crippen LogP contribution is -2.15. The summed E-state index contributed by atoms with van der Waals surface area (Å²) in [4.78, 5) is 20.9. The van der Waals surface area contributed by atoms with Crippen LogP contribution in [0.5, 0.6) is 0 Å². The average Bonchev–Trinajstić information content (AvgIpc) is 2.59. The fourth-order valence-corrected chi connectivity index (χ4v) is 2.61. The normalized spacial score (nSPS) is 10.5. The van der Waals surface area contributed by atoms with Crippen molar-refractivity contribution in [3.8, 4) is 0 Å². The van der Waals surface area contributed by atoms with E-state index in [-0.39, 0.29) is 11.5 Å². The van der Waals surface area contributed by atoms with Crippen molar-refractivity contribution >= 4 is 34.7 Å². The van der Waals surface area contributed by atoms with E-state index in [1.165, 1.54) is 24.3 Å². The third-order valence-electron chi connectivity index (χ3n) is 3.62. The number of hydrogen-bond donors (Lipinski definition) is 2. The molecule has 0 atom stereocenters. The molecule has 0 aliphatic carbocycles. The number of rotatable bonds is 4. The van der Waals surface area contributed by atoms with Gasteiger partial charge in [-0.1, -0.05) is 11.6 Å². The minimum absolute atomic E-state index is 0.205. The first-order valence-electron chi connectivity index (χ1n) is 7.86. The first-order valence-corrected chi connectivity index (χ1v) is 8.24. The average molecular weight is 371 g/mol. The van der Waals surface area contributed by atoms with Gasteiger partial charge in [-0.3, -0.25) is 4.79 Å². The SMILES string of the molecule is Cc1nc(Nc2ccc(Cl)cc2C)cc(C(=O)Nc2ccc(F)cc2)n1. The van der Waals surface area contributed by atoms with Crippen LogP contribution in [0, 0.1) is 19.7 Å². The van der Waals surface area contributed by atoms with E-state index in [0.717, 1.165) is 11.3 Å². The first kappa shape index (κ1) is 17.8. The van der Waals surface area contributed by atoms with E-state index < -0.39 is 5.91 Å². The first-order chi connectivity index (χ1) is 12.4. The molecule has 3 rings (SSSR count). The van der Waals surface area contributed by atoms with Crippen molar-refractivity contribution < 1.29 is 9.18 Å². The molecule has 1 heterocycles. The largest absolute Gasteiger partial charge is 0.340 e. The highest BCUT2D eigenvalue weighted by atomic mass is 35.5. The van der Waals surface area contributed by atoms with Crippen LogP contribution < -0.4 is 10.6 Å². The van der Waals surface area contributed by atoms with Crippen LogP contribution >= 0.6 is 11.6 Å². The van der Waals surface area contributed by atoms with Crippen molar-refractivity contribution in [1.82, 2.24) is 9.97 Å². The molecule has 0 spiro atoms. The summed E-state index contributed by atoms with van der Waals surface area (Å²) >= 11 is 5.97. The van der Waals surface area contributed by atoms with E-state index in [4.69, 9.17) is 11.6 Å². The van der Waals surface area contributed by atoms with Gasteiger partial charge in [-0.15, -0.1) is 0 Å². The zero-order valence-corrected chi connectivity index (χ0v) is 14.9. The zero-order valence-electron chi connectivity index (χ0n) is 14.2. The molecule has 132 valence electrons. The Morgan fingerprint density at radius 2 is 1.77 bits per heavy atom. The lowest BCUT2D eigenvalue weighted by atomic mass is 10.2. The summed E-state index contributed by atoms with van der Waals surface area (Å²) in [6.07, 6.45) is 0. The van der Waals surface area contributed by atoms with Gasteiger partial charge in [-0.2, -0.15) is 0 Å². The van der Waals surface area contributed by atoms with Crippen LogP contribution in [0.25, 0.3) is 0 Å². The lowest BCUT2D eigenvalue weighted by Gasteiger charge is -2.11. The highest BCUT2D eigenvalue weighted by Crippen LogP contribution is 2.23. The second-order valence-electron chi connectivity index (χ2n) is 5.73. The van der Waals surface area contributed by atoms with Gasteiger partial charge in [0, 0.05) is 22.5 Å². The Morgan fingerprint density at radius 1 is 1.04 bits per heavy atom. The van der Waals surface area contributed by atoms with Crippen LogP contribution in [0.3, 0.4) is 0 Å². The Labute approximate surface area is 155 Å². The van der Waals surface area contributed by atoms with Crippen LogP contribution in [-0.4, -0.2) is 15.9 Å². The fraction of sp³-hybridized carbons (Fsp3) is 0.105. The minimum Gasteiger partial charge on any atom is -0.340 e. The Bertz CT molecular complexity index is 960. The maximum atomic E-state index is 13.0. The second-order valence-corrected chi connectivity index (χ2v) is 6.17. The number of hydrogen-bond acceptors (Lipinski definition) is 4. The second kappa shape index (κ2) is 7.49. The number of nitrogens with one attached hydrogen (secondary N) is 2. The molecule has 0 aliphatic rings. The van der Waals surface area contributed by atoms with Gasteiger partial charge in [0.2, 0.25) is 0 Å². The third kappa shape index (κ3) is 4.34. The van der Waals surface area contributed by atoms with Crippen LogP contribution in [0.1, 0.15) is 21.9 Å². The Balaban J connectivity index is 1.82. The van der Waals surface area contributed by atoms with Crippen molar-refractivity contribution in [1.29, 1.82) is 0 Å². The summed E-state index contributed by atoms with van der Waals surface area (Å²) in [7, 11) is 0. The quantitative estimate of drug-likeness (QED) is 0.686. The van der Waals surface area contributed by atoms with Gasteiger partial charge >= 0.3 is 0 Å². The monoisotopic (exact) mass is 370 g/mol. The van der Waals surface area contributed by atoms with Crippen molar-refractivity contribution in [2.24, 2.45) is 0 Å². The Hall–Kier alpha value is -2.99. The molecule has 7 heteroatoms. The predicted molar refractivity (Wildman–Crippen MR) is 101 cm³/mol. The number of amides is 1. The zero-order chi connectivity index (χ0) is 18.7. The molecule has 1 aromatic heterocycles. The number of aromatic nitrogens is 2. The summed E-state index contributed by atoms with van der Waals surface area (Å²) in [6, 6.07) is 12.5. The van der Waals surface area contributed by atoms with Crippen molar-refractivity contribution in [2.45, 2.75) is 13.8 Å². The number of benzene rings is 2. The highest BCUT2D eigenvalue weighted by molar-refractivity contribution is 6.30. The molecule has 5 nitrogen and oxygen atoms in total. The van der Waals surface area contributed by atoms with E-state index >= 15 is 0 Å². The smallest absolute Gasteiger partial charge is 0.274 e. The van der Waals surface area contributed by atoms with Gasteiger partial charge in [0.15, 0.2) is 0 Å². The van der Waals surface area contributed by atoms with Gasteiger partial charge in [-0.05, 0) is 61.9 Å². The molecule has 0 saturated heterocycles. The van der Waals surface area contributed by atoms with Crippen LogP contribution in [0.2, 0.25) is 5.02 Å². The molecule has 0 aliphatic heterocycles. The maximum absolute atomic E-state index is 13.0. The molecule has 0 saturated carbocycles. The number of anilines is 3. The number of carbonyl (C=O) groups is 1. The topological polar surface area (TPSA) is 66.9 Å². The summed E-state index contributed by atoms with van der Waals surface area (Å²) in [5.41, 5.74) is 2.47. The van der Waals surface area contributed by atoms with E-state index in [1.807, 2.05) is 19.1 Å². The van der Waals surface area contributed by atoms with Gasteiger partial charge in [0.25, 0.3) is 5.91 Å². The molecular weight excluding hydrogens is 355 g/mol. The molecule has 0 bridgehead atoms. The number of aryl methyl sites for hydroxylation is 2. The third-order valence-corrected chi connectivity index (χ3v) is 3.86. The van der Waals surface area contributed by atoms with E-state index in [0.29, 0.717) is 22.4 Å². The molecule has 0 fully saturated rings. The number of carbonyl (C=O) groups excluding carboxylic acids is 1. The maximum Gasteiger partial charge on any atom is 0.274 e. The van der Waals surface area contributed by atoms with E-state index in [9.17, 15) is 9.18 Å². The molecular formula is C19H16ClFN4O. The summed E-state index contributed by atoms with van der Waals surface area (Å²) < 4.78 is 13.0. The summed E-state index contributed by atoms with van der Waals surface area (Å²) in [5, 5.41) is 6.49. The molecule has 0 radical (unpaired) electrons. The van der Waals surface area contributed by atoms with Crippen molar-refractivity contribution in [3.05, 3.63) is 76.5 Å². The molecule has 2 N–H and O–H groups in total. The van der Waals surface area contributed by atoms with Crippen LogP contribution in [0.15, 0.2) is 48.5 Å². The number of halogens is 2. The molecule has 26 heavy (non-hydrogen) atoms. The Morgan fingerprint density at radius 3 is 2.46 bits per heavy atom. The van der Waals surface area contributed by atoms with Gasteiger partial charge in [0.1, 0.15) is 23.2 Å². The molecule has 1 amide bonds. The van der Waals surface area contributed by atoms with Gasteiger partial charge in [0.05, 0.1) is 0 Å². The van der Waals surface area contributed by atoms with Crippen molar-refractivity contribution in [2.75, 3.05) is 10.6 Å². The van der Waals surface area contributed by atoms with Gasteiger partial charge in [-0.25, -0.2) is 14.4 Å². The predicted octanol–water partition coefficient (Wildman–Crippen LogP) is 4.88. The minimum atomic E-state index is -0.405. The summed E-state index contributed by atoms with van der Waals surface area (Å²) in [6.45, 7) is 3.62.